The minimum atomic E-state index is -0.105. The maximum absolute atomic E-state index is 5.75. The van der Waals surface area contributed by atoms with E-state index < -0.39 is 0 Å². The number of anilines is 2. The molecule has 25 heavy (non-hydrogen) atoms. The third kappa shape index (κ3) is 4.11. The molecule has 136 valence electrons. The number of benzene rings is 1. The highest BCUT2D eigenvalue weighted by Crippen LogP contribution is 2.22. The second-order valence-corrected chi connectivity index (χ2v) is 6.23. The number of hydrogen-bond donors (Lipinski definition) is 0. The number of para-hydroxylation sites is 1. The summed E-state index contributed by atoms with van der Waals surface area (Å²) < 4.78 is 12.8. The molecule has 1 aliphatic heterocycles. The number of rotatable bonds is 7. The van der Waals surface area contributed by atoms with Gasteiger partial charge in [-0.3, -0.25) is 4.57 Å². The van der Waals surface area contributed by atoms with Crippen LogP contribution in [0.1, 0.15) is 18.9 Å². The number of hydrogen-bond acceptors (Lipinski definition) is 6. The zero-order chi connectivity index (χ0) is 17.6. The standard InChI is InChI=1S/C18H27N5O2/c1-15(25-14-13-24-3)17-19-20-18(21(17)2)23-11-9-22(10-12-23)16-7-5-4-6-8-16/h4-8,15H,9-14H2,1-3H3/t15-/m0/s1. The number of ether oxygens (including phenoxy) is 2. The van der Waals surface area contributed by atoms with Crippen molar-refractivity contribution in [2.24, 2.45) is 7.05 Å². The van der Waals surface area contributed by atoms with Gasteiger partial charge < -0.3 is 19.3 Å². The molecule has 1 aromatic carbocycles. The molecule has 0 saturated carbocycles. The number of aromatic nitrogens is 3. The minimum Gasteiger partial charge on any atom is -0.382 e. The molecule has 1 fully saturated rings. The topological polar surface area (TPSA) is 55.7 Å². The number of piperazine rings is 1. The lowest BCUT2D eigenvalue weighted by atomic mass is 10.2. The highest BCUT2D eigenvalue weighted by atomic mass is 16.5. The first-order chi connectivity index (χ1) is 12.2. The van der Waals surface area contributed by atoms with Gasteiger partial charge in [-0.1, -0.05) is 18.2 Å². The molecule has 7 heteroatoms. The Balaban J connectivity index is 1.60. The molecule has 0 amide bonds. The van der Waals surface area contributed by atoms with Gasteiger partial charge in [0.2, 0.25) is 5.95 Å². The monoisotopic (exact) mass is 345 g/mol. The van der Waals surface area contributed by atoms with Crippen LogP contribution in [0.15, 0.2) is 30.3 Å². The molecule has 0 N–H and O–H groups in total. The molecule has 3 rings (SSSR count). The van der Waals surface area contributed by atoms with Gasteiger partial charge in [0.25, 0.3) is 0 Å². The van der Waals surface area contributed by atoms with Crippen LogP contribution in [0.25, 0.3) is 0 Å². The van der Waals surface area contributed by atoms with Gasteiger partial charge in [-0.25, -0.2) is 0 Å². The van der Waals surface area contributed by atoms with E-state index in [1.807, 2.05) is 18.5 Å². The van der Waals surface area contributed by atoms with Crippen LogP contribution in [0.2, 0.25) is 0 Å². The normalized spacial score (nSPS) is 16.3. The van der Waals surface area contributed by atoms with Crippen LogP contribution in [0, 0.1) is 0 Å². The summed E-state index contributed by atoms with van der Waals surface area (Å²) in [5, 5.41) is 8.73. The lowest BCUT2D eigenvalue weighted by Crippen LogP contribution is -2.47. The second-order valence-electron chi connectivity index (χ2n) is 6.23. The third-order valence-electron chi connectivity index (χ3n) is 4.59. The summed E-state index contributed by atoms with van der Waals surface area (Å²) in [6.07, 6.45) is -0.105. The highest BCUT2D eigenvalue weighted by Gasteiger charge is 2.23. The van der Waals surface area contributed by atoms with Crippen molar-refractivity contribution >= 4 is 11.6 Å². The van der Waals surface area contributed by atoms with E-state index in [0.29, 0.717) is 13.2 Å². The molecule has 2 aromatic rings. The number of methoxy groups -OCH3 is 1. The summed E-state index contributed by atoms with van der Waals surface area (Å²) in [5.74, 6) is 1.75. The predicted octanol–water partition coefficient (Wildman–Crippen LogP) is 1.87. The smallest absolute Gasteiger partial charge is 0.227 e. The van der Waals surface area contributed by atoms with Crippen molar-refractivity contribution in [1.82, 2.24) is 14.8 Å². The van der Waals surface area contributed by atoms with E-state index in [9.17, 15) is 0 Å². The first-order valence-corrected chi connectivity index (χ1v) is 8.75. The maximum atomic E-state index is 5.75. The van der Waals surface area contributed by atoms with Crippen molar-refractivity contribution < 1.29 is 9.47 Å². The summed E-state index contributed by atoms with van der Waals surface area (Å²) in [4.78, 5) is 4.70. The molecule has 2 heterocycles. The Morgan fingerprint density at radius 3 is 2.36 bits per heavy atom. The molecule has 1 saturated heterocycles. The lowest BCUT2D eigenvalue weighted by Gasteiger charge is -2.36. The van der Waals surface area contributed by atoms with Gasteiger partial charge in [0.05, 0.1) is 13.2 Å². The molecule has 0 bridgehead atoms. The molecule has 0 spiro atoms. The van der Waals surface area contributed by atoms with E-state index in [4.69, 9.17) is 9.47 Å². The zero-order valence-electron chi connectivity index (χ0n) is 15.3. The number of nitrogens with zero attached hydrogens (tertiary/aromatic N) is 5. The molecule has 0 aliphatic carbocycles. The molecule has 7 nitrogen and oxygen atoms in total. The van der Waals surface area contributed by atoms with Crippen molar-refractivity contribution in [3.8, 4) is 0 Å². The van der Waals surface area contributed by atoms with Crippen molar-refractivity contribution in [3.05, 3.63) is 36.2 Å². The third-order valence-corrected chi connectivity index (χ3v) is 4.59. The van der Waals surface area contributed by atoms with Crippen LogP contribution in [-0.2, 0) is 16.5 Å². The van der Waals surface area contributed by atoms with Gasteiger partial charge in [-0.15, -0.1) is 10.2 Å². The molecular formula is C18H27N5O2. The van der Waals surface area contributed by atoms with Crippen molar-refractivity contribution in [2.45, 2.75) is 13.0 Å². The molecule has 0 radical (unpaired) electrons. The van der Waals surface area contributed by atoms with Crippen LogP contribution in [0.4, 0.5) is 11.6 Å². The van der Waals surface area contributed by atoms with Crippen molar-refractivity contribution in [3.63, 3.8) is 0 Å². The van der Waals surface area contributed by atoms with E-state index in [0.717, 1.165) is 38.0 Å². The highest BCUT2D eigenvalue weighted by molar-refractivity contribution is 5.48. The Morgan fingerprint density at radius 2 is 1.68 bits per heavy atom. The fourth-order valence-electron chi connectivity index (χ4n) is 3.15. The van der Waals surface area contributed by atoms with Crippen LogP contribution in [-0.4, -0.2) is 61.3 Å². The fraction of sp³-hybridized carbons (Fsp3) is 0.556. The Bertz CT molecular complexity index is 653. The van der Waals surface area contributed by atoms with Gasteiger partial charge in [0.1, 0.15) is 6.10 Å². The van der Waals surface area contributed by atoms with Crippen LogP contribution in [0.5, 0.6) is 0 Å². The Morgan fingerprint density at radius 1 is 1.00 bits per heavy atom. The molecule has 0 unspecified atom stereocenters. The summed E-state index contributed by atoms with van der Waals surface area (Å²) >= 11 is 0. The van der Waals surface area contributed by atoms with E-state index in [1.165, 1.54) is 5.69 Å². The van der Waals surface area contributed by atoms with Gasteiger partial charge >= 0.3 is 0 Å². The summed E-state index contributed by atoms with van der Waals surface area (Å²) in [6.45, 7) is 6.95. The average Bonchev–Trinajstić information content (AvgIpc) is 3.04. The second kappa shape index (κ2) is 8.31. The molecule has 1 atom stereocenters. The van der Waals surface area contributed by atoms with Gasteiger partial charge in [0, 0.05) is 46.0 Å². The zero-order valence-corrected chi connectivity index (χ0v) is 15.3. The fourth-order valence-corrected chi connectivity index (χ4v) is 3.15. The summed E-state index contributed by atoms with van der Waals surface area (Å²) in [5.41, 5.74) is 1.28. The summed E-state index contributed by atoms with van der Waals surface area (Å²) in [7, 11) is 3.67. The van der Waals surface area contributed by atoms with E-state index >= 15 is 0 Å². The maximum Gasteiger partial charge on any atom is 0.227 e. The first kappa shape index (κ1) is 17.7. The Kier molecular flexibility index (Phi) is 5.88. The predicted molar refractivity (Wildman–Crippen MR) is 98.1 cm³/mol. The molecule has 1 aliphatic rings. The van der Waals surface area contributed by atoms with Crippen molar-refractivity contribution in [2.75, 3.05) is 56.3 Å². The molecule has 1 aromatic heterocycles. The van der Waals surface area contributed by atoms with Crippen LogP contribution < -0.4 is 9.80 Å². The van der Waals surface area contributed by atoms with E-state index in [1.54, 1.807) is 7.11 Å². The summed E-state index contributed by atoms with van der Waals surface area (Å²) in [6, 6.07) is 10.5. The Hall–Kier alpha value is -2.12. The van der Waals surface area contributed by atoms with E-state index in [2.05, 4.69) is 50.3 Å². The first-order valence-electron chi connectivity index (χ1n) is 8.75. The van der Waals surface area contributed by atoms with Crippen molar-refractivity contribution in [1.29, 1.82) is 0 Å². The van der Waals surface area contributed by atoms with E-state index in [-0.39, 0.29) is 6.10 Å². The van der Waals surface area contributed by atoms with Gasteiger partial charge in [0.15, 0.2) is 5.82 Å². The van der Waals surface area contributed by atoms with Crippen LogP contribution >= 0.6 is 0 Å². The average molecular weight is 345 g/mol. The van der Waals surface area contributed by atoms with Gasteiger partial charge in [-0.2, -0.15) is 0 Å². The molecular weight excluding hydrogens is 318 g/mol. The lowest BCUT2D eigenvalue weighted by molar-refractivity contribution is 0.0201. The quantitative estimate of drug-likeness (QED) is 0.714. The van der Waals surface area contributed by atoms with Gasteiger partial charge in [-0.05, 0) is 19.1 Å². The largest absolute Gasteiger partial charge is 0.382 e. The Labute approximate surface area is 149 Å². The van der Waals surface area contributed by atoms with Crippen LogP contribution in [0.3, 0.4) is 0 Å². The minimum absolute atomic E-state index is 0.105. The SMILES string of the molecule is COCCO[C@@H](C)c1nnc(N2CCN(c3ccccc3)CC2)n1C.